The van der Waals surface area contributed by atoms with Crippen LogP contribution < -0.4 is 0 Å². The quantitative estimate of drug-likeness (QED) is 0.749. The summed E-state index contributed by atoms with van der Waals surface area (Å²) in [5.74, 6) is 0.104. The zero-order valence-electron chi connectivity index (χ0n) is 14.1. The van der Waals surface area contributed by atoms with Gasteiger partial charge < -0.3 is 9.64 Å². The van der Waals surface area contributed by atoms with Crippen LogP contribution in [0.25, 0.3) is 0 Å². The molecule has 1 aliphatic heterocycles. The number of amides is 1. The molecule has 2 rings (SSSR count). The lowest BCUT2D eigenvalue weighted by molar-refractivity contribution is -0.142. The van der Waals surface area contributed by atoms with Crippen molar-refractivity contribution < 1.29 is 14.3 Å². The van der Waals surface area contributed by atoms with Crippen LogP contribution >= 0.6 is 0 Å². The average Bonchev–Trinajstić information content (AvgIpc) is 2.68. The second kappa shape index (κ2) is 6.20. The summed E-state index contributed by atoms with van der Waals surface area (Å²) in [5.41, 5.74) is 2.31. The minimum absolute atomic E-state index is 0.0163. The van der Waals surface area contributed by atoms with Crippen LogP contribution in [0.4, 0.5) is 0 Å². The van der Waals surface area contributed by atoms with Crippen molar-refractivity contribution in [2.24, 2.45) is 5.41 Å². The van der Waals surface area contributed by atoms with E-state index in [1.54, 1.807) is 16.5 Å². The first-order valence-corrected chi connectivity index (χ1v) is 7.60. The summed E-state index contributed by atoms with van der Waals surface area (Å²) in [6.07, 6.45) is 0.382. The first kappa shape index (κ1) is 16.7. The van der Waals surface area contributed by atoms with Gasteiger partial charge in [-0.15, -0.1) is 0 Å². The maximum Gasteiger partial charge on any atom is 0.224 e. The highest BCUT2D eigenvalue weighted by Crippen LogP contribution is 2.27. The molecule has 0 saturated carbocycles. The highest BCUT2D eigenvalue weighted by molar-refractivity contribution is 5.96. The third-order valence-corrected chi connectivity index (χ3v) is 4.22. The molecule has 0 bridgehead atoms. The summed E-state index contributed by atoms with van der Waals surface area (Å²) in [6, 6.07) is 0. The molecular formula is C16H25N3O3. The normalized spacial score (nSPS) is 16.2. The van der Waals surface area contributed by atoms with Crippen molar-refractivity contribution in [1.82, 2.24) is 14.7 Å². The molecule has 6 nitrogen and oxygen atoms in total. The Balaban J connectivity index is 1.93. The van der Waals surface area contributed by atoms with Crippen molar-refractivity contribution in [2.45, 2.75) is 40.7 Å². The molecule has 1 fully saturated rings. The van der Waals surface area contributed by atoms with Crippen molar-refractivity contribution in [3.8, 4) is 0 Å². The summed E-state index contributed by atoms with van der Waals surface area (Å²) in [6.45, 7) is 10.00. The molecule has 1 saturated heterocycles. The van der Waals surface area contributed by atoms with E-state index in [9.17, 15) is 9.59 Å². The van der Waals surface area contributed by atoms with Crippen LogP contribution in [0.3, 0.4) is 0 Å². The van der Waals surface area contributed by atoms with Crippen LogP contribution in [0.5, 0.6) is 0 Å². The minimum atomic E-state index is 0.0163. The van der Waals surface area contributed by atoms with Crippen LogP contribution in [0.1, 0.15) is 42.0 Å². The molecule has 0 radical (unpaired) electrons. The SMILES string of the molecule is CC(=O)c1c(C)nn(CCC(=O)N(C)CC2(C)COC2)c1C. The molecule has 1 aromatic heterocycles. The van der Waals surface area contributed by atoms with E-state index in [2.05, 4.69) is 12.0 Å². The Hall–Kier alpha value is -1.69. The van der Waals surface area contributed by atoms with Gasteiger partial charge in [-0.1, -0.05) is 6.92 Å². The van der Waals surface area contributed by atoms with Crippen LogP contribution in [0.2, 0.25) is 0 Å². The molecule has 22 heavy (non-hydrogen) atoms. The Morgan fingerprint density at radius 3 is 2.45 bits per heavy atom. The Labute approximate surface area is 131 Å². The first-order chi connectivity index (χ1) is 10.2. The third-order valence-electron chi connectivity index (χ3n) is 4.22. The second-order valence-electron chi connectivity index (χ2n) is 6.63. The lowest BCUT2D eigenvalue weighted by Crippen LogP contribution is -2.49. The van der Waals surface area contributed by atoms with Gasteiger partial charge in [0, 0.05) is 37.7 Å². The molecule has 2 heterocycles. The molecule has 0 aromatic carbocycles. The van der Waals surface area contributed by atoms with E-state index < -0.39 is 0 Å². The molecule has 122 valence electrons. The summed E-state index contributed by atoms with van der Waals surface area (Å²) in [7, 11) is 1.83. The summed E-state index contributed by atoms with van der Waals surface area (Å²) in [4.78, 5) is 25.6. The number of rotatable bonds is 6. The topological polar surface area (TPSA) is 64.4 Å². The van der Waals surface area contributed by atoms with E-state index >= 15 is 0 Å². The van der Waals surface area contributed by atoms with Gasteiger partial charge in [0.15, 0.2) is 5.78 Å². The second-order valence-corrected chi connectivity index (χ2v) is 6.63. The fourth-order valence-electron chi connectivity index (χ4n) is 3.02. The van der Waals surface area contributed by atoms with Gasteiger partial charge in [0.1, 0.15) is 0 Å². The molecule has 6 heteroatoms. The summed E-state index contributed by atoms with van der Waals surface area (Å²) < 4.78 is 6.97. The van der Waals surface area contributed by atoms with Gasteiger partial charge in [-0.2, -0.15) is 5.10 Å². The van der Waals surface area contributed by atoms with Gasteiger partial charge in [0.05, 0.1) is 24.5 Å². The molecular weight excluding hydrogens is 282 g/mol. The maximum absolute atomic E-state index is 12.2. The zero-order valence-corrected chi connectivity index (χ0v) is 14.1. The zero-order chi connectivity index (χ0) is 16.5. The number of nitrogens with zero attached hydrogens (tertiary/aromatic N) is 3. The van der Waals surface area contributed by atoms with Gasteiger partial charge in [0.2, 0.25) is 5.91 Å². The number of hydrogen-bond donors (Lipinski definition) is 0. The van der Waals surface area contributed by atoms with E-state index in [1.807, 2.05) is 20.9 Å². The predicted octanol–water partition coefficient (Wildman–Crippen LogP) is 1.59. The summed E-state index contributed by atoms with van der Waals surface area (Å²) in [5, 5.41) is 4.37. The van der Waals surface area contributed by atoms with Crippen molar-refractivity contribution >= 4 is 11.7 Å². The van der Waals surface area contributed by atoms with Gasteiger partial charge in [-0.05, 0) is 20.8 Å². The fourth-order valence-corrected chi connectivity index (χ4v) is 3.02. The van der Waals surface area contributed by atoms with Crippen LogP contribution in [-0.2, 0) is 16.1 Å². The van der Waals surface area contributed by atoms with Gasteiger partial charge in [-0.25, -0.2) is 0 Å². The third kappa shape index (κ3) is 3.38. The lowest BCUT2D eigenvalue weighted by atomic mass is 9.88. The molecule has 0 aliphatic carbocycles. The standard InChI is InChI=1S/C16H25N3O3/c1-11-15(13(3)20)12(2)19(17-11)7-6-14(21)18(5)8-16(4)9-22-10-16/h6-10H2,1-5H3. The van der Waals surface area contributed by atoms with Crippen LogP contribution in [0, 0.1) is 19.3 Å². The van der Waals surface area contributed by atoms with Crippen molar-refractivity contribution in [3.05, 3.63) is 17.0 Å². The van der Waals surface area contributed by atoms with Crippen LogP contribution in [-0.4, -0.2) is 53.2 Å². The number of carbonyl (C=O) groups excluding carboxylic acids is 2. The molecule has 1 aromatic rings. The smallest absolute Gasteiger partial charge is 0.224 e. The highest BCUT2D eigenvalue weighted by atomic mass is 16.5. The van der Waals surface area contributed by atoms with Crippen molar-refractivity contribution in [2.75, 3.05) is 26.8 Å². The van der Waals surface area contributed by atoms with Gasteiger partial charge in [0.25, 0.3) is 0 Å². The van der Waals surface area contributed by atoms with Gasteiger partial charge >= 0.3 is 0 Å². The summed E-state index contributed by atoms with van der Waals surface area (Å²) >= 11 is 0. The van der Waals surface area contributed by atoms with Crippen LogP contribution in [0.15, 0.2) is 0 Å². The Morgan fingerprint density at radius 2 is 2.00 bits per heavy atom. The maximum atomic E-state index is 12.2. The van der Waals surface area contributed by atoms with Gasteiger partial charge in [-0.3, -0.25) is 14.3 Å². The number of ketones is 1. The largest absolute Gasteiger partial charge is 0.380 e. The fraction of sp³-hybridized carbons (Fsp3) is 0.688. The first-order valence-electron chi connectivity index (χ1n) is 7.60. The predicted molar refractivity (Wildman–Crippen MR) is 82.9 cm³/mol. The number of ether oxygens (including phenoxy) is 1. The van der Waals surface area contributed by atoms with E-state index in [4.69, 9.17) is 4.74 Å². The average molecular weight is 307 g/mol. The Bertz CT molecular complexity index is 588. The molecule has 0 N–H and O–H groups in total. The Kier molecular flexibility index (Phi) is 4.70. The van der Waals surface area contributed by atoms with E-state index in [-0.39, 0.29) is 17.1 Å². The molecule has 0 unspecified atom stereocenters. The van der Waals surface area contributed by atoms with Crippen molar-refractivity contribution in [3.63, 3.8) is 0 Å². The number of Topliss-reactive ketones (excluding diaryl/α,β-unsaturated/α-hetero) is 1. The highest BCUT2D eigenvalue weighted by Gasteiger charge is 2.35. The van der Waals surface area contributed by atoms with E-state index in [0.717, 1.165) is 11.4 Å². The lowest BCUT2D eigenvalue weighted by Gasteiger charge is -2.40. The number of hydrogen-bond acceptors (Lipinski definition) is 4. The van der Waals surface area contributed by atoms with E-state index in [0.29, 0.717) is 38.3 Å². The molecule has 1 aliphatic rings. The van der Waals surface area contributed by atoms with E-state index in [1.165, 1.54) is 0 Å². The number of carbonyl (C=O) groups is 2. The molecule has 1 amide bonds. The van der Waals surface area contributed by atoms with Crippen molar-refractivity contribution in [1.29, 1.82) is 0 Å². The Morgan fingerprint density at radius 1 is 1.36 bits per heavy atom. The minimum Gasteiger partial charge on any atom is -0.380 e. The molecule has 0 atom stereocenters. The monoisotopic (exact) mass is 307 g/mol. The molecule has 0 spiro atoms. The number of aromatic nitrogens is 2. The number of aryl methyl sites for hydroxylation is 2.